The Hall–Kier alpha value is -1.42. The van der Waals surface area contributed by atoms with Crippen molar-refractivity contribution in [3.05, 3.63) is 39.9 Å². The second-order valence-corrected chi connectivity index (χ2v) is 5.82. The highest BCUT2D eigenvalue weighted by molar-refractivity contribution is 5.32. The Morgan fingerprint density at radius 2 is 1.83 bits per heavy atom. The van der Waals surface area contributed by atoms with Crippen LogP contribution < -0.4 is 5.32 Å². The summed E-state index contributed by atoms with van der Waals surface area (Å²) >= 11 is 0. The summed E-state index contributed by atoms with van der Waals surface area (Å²) in [4.78, 5) is 10.1. The van der Waals surface area contributed by atoms with E-state index in [1.54, 1.807) is 24.3 Å². The molecule has 4 heteroatoms. The van der Waals surface area contributed by atoms with E-state index in [2.05, 4.69) is 33.0 Å². The molecule has 0 fully saturated rings. The molecule has 1 N–H and O–H groups in total. The summed E-state index contributed by atoms with van der Waals surface area (Å²) in [5.41, 5.74) is 1.51. The minimum Gasteiger partial charge on any atom is -0.312 e. The monoisotopic (exact) mass is 250 g/mol. The van der Waals surface area contributed by atoms with Crippen LogP contribution in [-0.4, -0.2) is 11.5 Å². The van der Waals surface area contributed by atoms with Crippen LogP contribution in [0.4, 0.5) is 5.69 Å². The van der Waals surface area contributed by atoms with Crippen molar-refractivity contribution in [2.45, 2.75) is 34.2 Å². The Balaban J connectivity index is 2.43. The van der Waals surface area contributed by atoms with Crippen molar-refractivity contribution < 1.29 is 4.92 Å². The zero-order valence-electron chi connectivity index (χ0n) is 11.6. The van der Waals surface area contributed by atoms with Gasteiger partial charge < -0.3 is 5.32 Å². The van der Waals surface area contributed by atoms with E-state index in [-0.39, 0.29) is 10.6 Å². The smallest absolute Gasteiger partial charge is 0.269 e. The van der Waals surface area contributed by atoms with Gasteiger partial charge in [-0.1, -0.05) is 39.8 Å². The Morgan fingerprint density at radius 1 is 1.28 bits per heavy atom. The van der Waals surface area contributed by atoms with Crippen molar-refractivity contribution in [3.63, 3.8) is 0 Å². The predicted molar refractivity (Wildman–Crippen MR) is 73.4 cm³/mol. The third kappa shape index (κ3) is 4.45. The lowest BCUT2D eigenvalue weighted by molar-refractivity contribution is -0.384. The van der Waals surface area contributed by atoms with Crippen LogP contribution in [-0.2, 0) is 6.54 Å². The summed E-state index contributed by atoms with van der Waals surface area (Å²) in [5, 5.41) is 13.9. The molecule has 0 aliphatic rings. The first-order chi connectivity index (χ1) is 8.30. The van der Waals surface area contributed by atoms with E-state index < -0.39 is 0 Å². The van der Waals surface area contributed by atoms with Crippen LogP contribution >= 0.6 is 0 Å². The molecule has 0 bridgehead atoms. The summed E-state index contributed by atoms with van der Waals surface area (Å²) in [6.07, 6.45) is 0. The molecule has 18 heavy (non-hydrogen) atoms. The van der Waals surface area contributed by atoms with Gasteiger partial charge in [0, 0.05) is 18.7 Å². The van der Waals surface area contributed by atoms with Gasteiger partial charge in [0.1, 0.15) is 0 Å². The van der Waals surface area contributed by atoms with Gasteiger partial charge in [-0.05, 0) is 23.4 Å². The first-order valence-corrected chi connectivity index (χ1v) is 6.25. The molecule has 1 rings (SSSR count). The molecule has 100 valence electrons. The maximum absolute atomic E-state index is 10.5. The van der Waals surface area contributed by atoms with Crippen LogP contribution in [0.3, 0.4) is 0 Å². The summed E-state index contributed by atoms with van der Waals surface area (Å²) in [6.45, 7) is 10.6. The van der Waals surface area contributed by atoms with E-state index in [1.165, 1.54) is 0 Å². The van der Waals surface area contributed by atoms with Crippen LogP contribution in [0.5, 0.6) is 0 Å². The molecule has 0 saturated heterocycles. The molecule has 0 heterocycles. The number of nitro groups is 1. The zero-order chi connectivity index (χ0) is 13.8. The standard InChI is InChI=1S/C14H22N2O2/c1-11(14(2,3)4)9-15-10-12-5-7-13(8-6-12)16(17)18/h5-8,11,15H,9-10H2,1-4H3. The van der Waals surface area contributed by atoms with Gasteiger partial charge in [0.15, 0.2) is 0 Å². The number of hydrogen-bond donors (Lipinski definition) is 1. The van der Waals surface area contributed by atoms with Gasteiger partial charge in [-0.15, -0.1) is 0 Å². The average Bonchev–Trinajstić information content (AvgIpc) is 2.28. The highest BCUT2D eigenvalue weighted by atomic mass is 16.6. The number of nitrogens with one attached hydrogen (secondary N) is 1. The van der Waals surface area contributed by atoms with Crippen LogP contribution in [0.2, 0.25) is 0 Å². The van der Waals surface area contributed by atoms with Crippen LogP contribution in [0, 0.1) is 21.4 Å². The van der Waals surface area contributed by atoms with E-state index in [4.69, 9.17) is 0 Å². The second kappa shape index (κ2) is 5.96. The molecule has 0 aliphatic heterocycles. The molecule has 0 radical (unpaired) electrons. The largest absolute Gasteiger partial charge is 0.312 e. The summed E-state index contributed by atoms with van der Waals surface area (Å²) in [5.74, 6) is 0.579. The van der Waals surface area contributed by atoms with Gasteiger partial charge in [0.05, 0.1) is 4.92 Å². The molecule has 1 aromatic carbocycles. The molecule has 0 spiro atoms. The maximum Gasteiger partial charge on any atom is 0.269 e. The minimum atomic E-state index is -0.376. The number of rotatable bonds is 5. The van der Waals surface area contributed by atoms with Gasteiger partial charge in [0.25, 0.3) is 5.69 Å². The molecular formula is C14H22N2O2. The molecule has 0 saturated carbocycles. The number of benzene rings is 1. The van der Waals surface area contributed by atoms with Gasteiger partial charge in [-0.25, -0.2) is 0 Å². The molecule has 4 nitrogen and oxygen atoms in total. The van der Waals surface area contributed by atoms with Gasteiger partial charge >= 0.3 is 0 Å². The summed E-state index contributed by atoms with van der Waals surface area (Å²) in [7, 11) is 0. The fourth-order valence-electron chi connectivity index (χ4n) is 1.47. The van der Waals surface area contributed by atoms with Gasteiger partial charge in [-0.3, -0.25) is 10.1 Å². The normalized spacial score (nSPS) is 13.3. The number of nitrogens with zero attached hydrogens (tertiary/aromatic N) is 1. The highest BCUT2D eigenvalue weighted by Gasteiger charge is 2.19. The molecule has 1 unspecified atom stereocenters. The lowest BCUT2D eigenvalue weighted by Crippen LogP contribution is -2.29. The lowest BCUT2D eigenvalue weighted by Gasteiger charge is -2.27. The predicted octanol–water partition coefficient (Wildman–Crippen LogP) is 3.37. The van der Waals surface area contributed by atoms with Crippen molar-refractivity contribution in [1.82, 2.24) is 5.32 Å². The van der Waals surface area contributed by atoms with Crippen LogP contribution in [0.1, 0.15) is 33.3 Å². The highest BCUT2D eigenvalue weighted by Crippen LogP contribution is 2.24. The van der Waals surface area contributed by atoms with Crippen molar-refractivity contribution in [3.8, 4) is 0 Å². The SMILES string of the molecule is CC(CNCc1ccc([N+](=O)[O-])cc1)C(C)(C)C. The third-order valence-electron chi connectivity index (χ3n) is 3.41. The quantitative estimate of drug-likeness (QED) is 0.644. The number of nitro benzene ring substituents is 1. The number of hydrogen-bond acceptors (Lipinski definition) is 3. The van der Waals surface area contributed by atoms with Crippen molar-refractivity contribution in [2.24, 2.45) is 11.3 Å². The Labute approximate surface area is 109 Å². The average molecular weight is 250 g/mol. The molecule has 0 aromatic heterocycles. The number of non-ortho nitro benzene ring substituents is 1. The third-order valence-corrected chi connectivity index (χ3v) is 3.41. The van der Waals surface area contributed by atoms with Crippen molar-refractivity contribution in [2.75, 3.05) is 6.54 Å². The zero-order valence-corrected chi connectivity index (χ0v) is 11.6. The van der Waals surface area contributed by atoms with Crippen LogP contribution in [0.25, 0.3) is 0 Å². The Morgan fingerprint density at radius 3 is 2.28 bits per heavy atom. The van der Waals surface area contributed by atoms with E-state index >= 15 is 0 Å². The van der Waals surface area contributed by atoms with Gasteiger partial charge in [-0.2, -0.15) is 0 Å². The fraction of sp³-hybridized carbons (Fsp3) is 0.571. The van der Waals surface area contributed by atoms with Crippen LogP contribution in [0.15, 0.2) is 24.3 Å². The molecule has 0 aliphatic carbocycles. The van der Waals surface area contributed by atoms with E-state index in [1.807, 2.05) is 0 Å². The molecular weight excluding hydrogens is 228 g/mol. The molecule has 1 atom stereocenters. The first-order valence-electron chi connectivity index (χ1n) is 6.25. The lowest BCUT2D eigenvalue weighted by atomic mass is 9.82. The van der Waals surface area contributed by atoms with E-state index in [0.29, 0.717) is 11.3 Å². The van der Waals surface area contributed by atoms with E-state index in [9.17, 15) is 10.1 Å². The Bertz CT molecular complexity index is 393. The fourth-order valence-corrected chi connectivity index (χ4v) is 1.47. The summed E-state index contributed by atoms with van der Waals surface area (Å²) < 4.78 is 0. The molecule has 0 amide bonds. The minimum absolute atomic E-state index is 0.141. The summed E-state index contributed by atoms with van der Waals surface area (Å²) in [6, 6.07) is 6.69. The van der Waals surface area contributed by atoms with E-state index in [0.717, 1.165) is 18.7 Å². The van der Waals surface area contributed by atoms with Crippen molar-refractivity contribution in [1.29, 1.82) is 0 Å². The second-order valence-electron chi connectivity index (χ2n) is 5.82. The maximum atomic E-state index is 10.5. The van der Waals surface area contributed by atoms with Gasteiger partial charge in [0.2, 0.25) is 0 Å². The van der Waals surface area contributed by atoms with Crippen molar-refractivity contribution >= 4 is 5.69 Å². The topological polar surface area (TPSA) is 55.2 Å². The Kier molecular flexibility index (Phi) is 4.84. The molecule has 1 aromatic rings. The first kappa shape index (κ1) is 14.6.